The van der Waals surface area contributed by atoms with E-state index in [4.69, 9.17) is 0 Å². The molecular formula is C19H32N2O. The van der Waals surface area contributed by atoms with Crippen LogP contribution in [0, 0.1) is 29.1 Å². The van der Waals surface area contributed by atoms with Gasteiger partial charge in [0.25, 0.3) is 0 Å². The van der Waals surface area contributed by atoms with Crippen LogP contribution in [-0.2, 0) is 4.79 Å². The molecule has 4 saturated carbocycles. The molecule has 124 valence electrons. The quantitative estimate of drug-likeness (QED) is 0.866. The minimum absolute atomic E-state index is 0.410. The van der Waals surface area contributed by atoms with E-state index in [1.807, 2.05) is 7.05 Å². The van der Waals surface area contributed by atoms with E-state index >= 15 is 0 Å². The number of hydrogen-bond donors (Lipinski definition) is 1. The first-order valence-corrected chi connectivity index (χ1v) is 9.58. The highest BCUT2D eigenvalue weighted by Gasteiger charge is 2.51. The molecule has 1 heterocycles. The van der Waals surface area contributed by atoms with Crippen LogP contribution in [0.25, 0.3) is 0 Å². The second-order valence-electron chi connectivity index (χ2n) is 8.98. The molecule has 4 aliphatic carbocycles. The number of likely N-dealkylation sites (tertiary alicyclic amines) is 1. The summed E-state index contributed by atoms with van der Waals surface area (Å²) in [6.07, 6.45) is 11.8. The molecule has 1 aliphatic heterocycles. The van der Waals surface area contributed by atoms with Crippen LogP contribution < -0.4 is 5.32 Å². The Labute approximate surface area is 135 Å². The molecule has 0 aromatic rings. The lowest BCUT2D eigenvalue weighted by atomic mass is 9.49. The van der Waals surface area contributed by atoms with Crippen molar-refractivity contribution in [3.05, 3.63) is 0 Å². The normalized spacial score (nSPS) is 41.1. The third-order valence-corrected chi connectivity index (χ3v) is 7.15. The average Bonchev–Trinajstić information content (AvgIpc) is 2.46. The highest BCUT2D eigenvalue weighted by Crippen LogP contribution is 2.61. The van der Waals surface area contributed by atoms with Crippen molar-refractivity contribution in [3.63, 3.8) is 0 Å². The molecule has 0 aromatic carbocycles. The van der Waals surface area contributed by atoms with Gasteiger partial charge in [-0.3, -0.25) is 4.79 Å². The zero-order chi connectivity index (χ0) is 15.2. The van der Waals surface area contributed by atoms with Gasteiger partial charge in [-0.15, -0.1) is 0 Å². The van der Waals surface area contributed by atoms with E-state index < -0.39 is 0 Å². The van der Waals surface area contributed by atoms with Crippen LogP contribution in [0.5, 0.6) is 0 Å². The second-order valence-corrected chi connectivity index (χ2v) is 8.98. The number of nitrogens with one attached hydrogen (secondary N) is 1. The van der Waals surface area contributed by atoms with Gasteiger partial charge >= 0.3 is 0 Å². The van der Waals surface area contributed by atoms with Crippen LogP contribution in [-0.4, -0.2) is 37.5 Å². The summed E-state index contributed by atoms with van der Waals surface area (Å²) in [5.41, 5.74) is 0.410. The lowest BCUT2D eigenvalue weighted by molar-refractivity contribution is -0.140. The van der Waals surface area contributed by atoms with Gasteiger partial charge in [0, 0.05) is 19.5 Å². The lowest BCUT2D eigenvalue weighted by Gasteiger charge is -2.57. The first-order valence-electron chi connectivity index (χ1n) is 9.58. The number of carbonyl (C=O) groups excluding carboxylic acids is 1. The molecule has 22 heavy (non-hydrogen) atoms. The maximum absolute atomic E-state index is 12.9. The average molecular weight is 304 g/mol. The zero-order valence-corrected chi connectivity index (χ0v) is 14.2. The van der Waals surface area contributed by atoms with Gasteiger partial charge < -0.3 is 10.2 Å². The number of piperidine rings is 1. The number of hydrogen-bond acceptors (Lipinski definition) is 2. The number of rotatable bonds is 4. The third-order valence-electron chi connectivity index (χ3n) is 7.15. The summed E-state index contributed by atoms with van der Waals surface area (Å²) in [5, 5.41) is 3.28. The number of nitrogens with zero attached hydrogens (tertiary/aromatic N) is 1. The summed E-state index contributed by atoms with van der Waals surface area (Å²) in [7, 11) is 2.03. The minimum atomic E-state index is 0.410. The first-order chi connectivity index (χ1) is 10.7. The maximum Gasteiger partial charge on any atom is 0.223 e. The van der Waals surface area contributed by atoms with Gasteiger partial charge in [0.2, 0.25) is 5.91 Å². The van der Waals surface area contributed by atoms with Crippen molar-refractivity contribution >= 4 is 5.91 Å². The maximum atomic E-state index is 12.9. The molecule has 0 spiro atoms. The van der Waals surface area contributed by atoms with E-state index in [0.29, 0.717) is 11.3 Å². The van der Waals surface area contributed by atoms with Crippen LogP contribution in [0.1, 0.15) is 57.8 Å². The van der Waals surface area contributed by atoms with E-state index in [2.05, 4.69) is 10.2 Å². The predicted molar refractivity (Wildman–Crippen MR) is 88.5 cm³/mol. The molecule has 3 nitrogen and oxygen atoms in total. The van der Waals surface area contributed by atoms with Crippen molar-refractivity contribution in [1.29, 1.82) is 0 Å². The van der Waals surface area contributed by atoms with E-state index in [1.165, 1.54) is 51.4 Å². The fourth-order valence-electron chi connectivity index (χ4n) is 6.61. The third kappa shape index (κ3) is 2.81. The molecule has 4 bridgehead atoms. The van der Waals surface area contributed by atoms with Crippen molar-refractivity contribution in [2.75, 3.05) is 26.7 Å². The zero-order valence-electron chi connectivity index (χ0n) is 14.2. The lowest BCUT2D eigenvalue weighted by Crippen LogP contribution is -2.49. The Balaban J connectivity index is 1.35. The fraction of sp³-hybridized carbons (Fsp3) is 0.947. The highest BCUT2D eigenvalue weighted by molar-refractivity contribution is 5.77. The summed E-state index contributed by atoms with van der Waals surface area (Å²) in [6.45, 7) is 3.10. The first kappa shape index (κ1) is 15.0. The molecule has 5 aliphatic rings. The molecule has 1 amide bonds. The van der Waals surface area contributed by atoms with E-state index in [9.17, 15) is 4.79 Å². The van der Waals surface area contributed by atoms with Crippen molar-refractivity contribution in [2.45, 2.75) is 57.8 Å². The predicted octanol–water partition coefficient (Wildman–Crippen LogP) is 3.05. The fourth-order valence-corrected chi connectivity index (χ4v) is 6.61. The van der Waals surface area contributed by atoms with Crippen molar-refractivity contribution in [3.8, 4) is 0 Å². The molecule has 5 rings (SSSR count). The van der Waals surface area contributed by atoms with Gasteiger partial charge in [-0.05, 0) is 94.0 Å². The Morgan fingerprint density at radius 1 is 1.05 bits per heavy atom. The SMILES string of the molecule is CNCC1CCN(C(=O)CC23CC4CC(CC(C4)C2)C3)CC1. The molecule has 1 N–H and O–H groups in total. The van der Waals surface area contributed by atoms with Gasteiger partial charge in [-0.25, -0.2) is 0 Å². The van der Waals surface area contributed by atoms with E-state index in [1.54, 1.807) is 0 Å². The highest BCUT2D eigenvalue weighted by atomic mass is 16.2. The van der Waals surface area contributed by atoms with Crippen molar-refractivity contribution in [1.82, 2.24) is 10.2 Å². The van der Waals surface area contributed by atoms with Gasteiger partial charge in [0.05, 0.1) is 0 Å². The Morgan fingerprint density at radius 3 is 2.09 bits per heavy atom. The van der Waals surface area contributed by atoms with Gasteiger partial charge in [-0.1, -0.05) is 0 Å². The topological polar surface area (TPSA) is 32.3 Å². The van der Waals surface area contributed by atoms with Crippen LogP contribution in [0.15, 0.2) is 0 Å². The summed E-state index contributed by atoms with van der Waals surface area (Å²) in [6, 6.07) is 0. The number of carbonyl (C=O) groups is 1. The Bertz CT molecular complexity index is 390. The smallest absolute Gasteiger partial charge is 0.223 e. The Kier molecular flexibility index (Phi) is 3.96. The minimum Gasteiger partial charge on any atom is -0.343 e. The summed E-state index contributed by atoms with van der Waals surface area (Å²) < 4.78 is 0. The van der Waals surface area contributed by atoms with E-state index in [-0.39, 0.29) is 0 Å². The molecule has 5 fully saturated rings. The second kappa shape index (κ2) is 5.81. The molecule has 0 unspecified atom stereocenters. The molecule has 0 atom stereocenters. The van der Waals surface area contributed by atoms with Crippen molar-refractivity contribution in [2.24, 2.45) is 29.1 Å². The summed E-state index contributed by atoms with van der Waals surface area (Å²) in [5.74, 6) is 4.12. The van der Waals surface area contributed by atoms with Crippen LogP contribution in [0.3, 0.4) is 0 Å². The molecule has 0 radical (unpaired) electrons. The molecule has 0 aromatic heterocycles. The van der Waals surface area contributed by atoms with Crippen molar-refractivity contribution < 1.29 is 4.79 Å². The van der Waals surface area contributed by atoms with Crippen LogP contribution >= 0.6 is 0 Å². The Hall–Kier alpha value is -0.570. The van der Waals surface area contributed by atoms with Gasteiger partial charge in [0.1, 0.15) is 0 Å². The monoisotopic (exact) mass is 304 g/mol. The summed E-state index contributed by atoms with van der Waals surface area (Å²) >= 11 is 0. The van der Waals surface area contributed by atoms with Crippen LogP contribution in [0.2, 0.25) is 0 Å². The largest absolute Gasteiger partial charge is 0.343 e. The van der Waals surface area contributed by atoms with Gasteiger partial charge in [0.15, 0.2) is 0 Å². The van der Waals surface area contributed by atoms with Gasteiger partial charge in [-0.2, -0.15) is 0 Å². The summed E-state index contributed by atoms with van der Waals surface area (Å²) in [4.78, 5) is 15.0. The Morgan fingerprint density at radius 2 is 1.59 bits per heavy atom. The number of amides is 1. The standard InChI is InChI=1S/C19H32N2O/c1-20-13-14-2-4-21(5-3-14)18(22)12-19-9-15-6-16(10-19)8-17(7-15)11-19/h14-17,20H,2-13H2,1H3. The molecular weight excluding hydrogens is 272 g/mol. The van der Waals surface area contributed by atoms with E-state index in [0.717, 1.165) is 49.7 Å². The molecule has 3 heteroatoms. The molecule has 1 saturated heterocycles. The van der Waals surface area contributed by atoms with Crippen LogP contribution in [0.4, 0.5) is 0 Å².